The molecule has 1 aromatic carbocycles. The van der Waals surface area contributed by atoms with Gasteiger partial charge in [-0.3, -0.25) is 19.0 Å². The molecule has 0 aliphatic rings. The lowest BCUT2D eigenvalue weighted by Crippen LogP contribution is -2.41. The summed E-state index contributed by atoms with van der Waals surface area (Å²) in [5.74, 6) is -1.03. The maximum atomic E-state index is 12.9. The molecule has 0 saturated carbocycles. The summed E-state index contributed by atoms with van der Waals surface area (Å²) in [5.41, 5.74) is -0.139. The summed E-state index contributed by atoms with van der Waals surface area (Å²) in [5, 5.41) is 2.97. The van der Waals surface area contributed by atoms with Crippen LogP contribution in [0.15, 0.2) is 53.5 Å². The third-order valence-electron chi connectivity index (χ3n) is 3.81. The normalized spacial score (nSPS) is 12.0. The average molecular weight is 391 g/mol. The van der Waals surface area contributed by atoms with E-state index >= 15 is 0 Å². The molecule has 0 spiro atoms. The molecule has 1 heterocycles. The van der Waals surface area contributed by atoms with Gasteiger partial charge in [0.15, 0.2) is 11.8 Å². The standard InChI is InChI=1S/C20H23ClN2O4/c1-14(2)27-12-6-11-22-20(26)18(19(25)15-7-4-3-5-8-15)23-13-16(21)9-10-17(23)24/h3-5,7-10,13-14,18H,6,11-12H2,1-2H3,(H,22,26)/t18-/m0/s1. The third kappa shape index (κ3) is 6.05. The first kappa shape index (κ1) is 20.9. The van der Waals surface area contributed by atoms with Crippen molar-refractivity contribution in [2.75, 3.05) is 13.2 Å². The third-order valence-corrected chi connectivity index (χ3v) is 4.03. The number of ether oxygens (including phenoxy) is 1. The number of hydrogen-bond acceptors (Lipinski definition) is 4. The van der Waals surface area contributed by atoms with E-state index in [1.807, 2.05) is 13.8 Å². The predicted octanol–water partition coefficient (Wildman–Crippen LogP) is 2.86. The molecule has 0 fully saturated rings. The van der Waals surface area contributed by atoms with Crippen molar-refractivity contribution in [3.8, 4) is 0 Å². The summed E-state index contributed by atoms with van der Waals surface area (Å²) < 4.78 is 6.50. The summed E-state index contributed by atoms with van der Waals surface area (Å²) >= 11 is 5.97. The quantitative estimate of drug-likeness (QED) is 0.405. The Morgan fingerprint density at radius 2 is 1.85 bits per heavy atom. The van der Waals surface area contributed by atoms with Gasteiger partial charge in [0.2, 0.25) is 0 Å². The minimum absolute atomic E-state index is 0.109. The molecule has 27 heavy (non-hydrogen) atoms. The number of nitrogens with one attached hydrogen (secondary N) is 1. The Kier molecular flexibility index (Phi) is 7.76. The largest absolute Gasteiger partial charge is 0.379 e. The lowest BCUT2D eigenvalue weighted by molar-refractivity contribution is -0.123. The van der Waals surface area contributed by atoms with Crippen LogP contribution in [0.25, 0.3) is 0 Å². The van der Waals surface area contributed by atoms with Crippen LogP contribution in [0, 0.1) is 0 Å². The van der Waals surface area contributed by atoms with Crippen molar-refractivity contribution in [3.63, 3.8) is 0 Å². The predicted molar refractivity (Wildman–Crippen MR) is 104 cm³/mol. The minimum Gasteiger partial charge on any atom is -0.379 e. The van der Waals surface area contributed by atoms with Crippen molar-refractivity contribution in [3.05, 3.63) is 69.6 Å². The molecule has 1 aromatic heterocycles. The molecule has 1 atom stereocenters. The Balaban J connectivity index is 2.22. The van der Waals surface area contributed by atoms with Crippen LogP contribution in [0.2, 0.25) is 5.02 Å². The Labute approximate surface area is 163 Å². The number of pyridine rings is 1. The number of aromatic nitrogens is 1. The molecule has 0 bridgehead atoms. The number of carbonyl (C=O) groups excluding carboxylic acids is 2. The molecule has 2 rings (SSSR count). The number of carbonyl (C=O) groups is 2. The van der Waals surface area contributed by atoms with Gasteiger partial charge in [-0.1, -0.05) is 41.9 Å². The number of rotatable bonds is 9. The average Bonchev–Trinajstić information content (AvgIpc) is 2.65. The van der Waals surface area contributed by atoms with E-state index in [2.05, 4.69) is 5.32 Å². The van der Waals surface area contributed by atoms with Gasteiger partial charge in [0.25, 0.3) is 11.5 Å². The van der Waals surface area contributed by atoms with Crippen molar-refractivity contribution in [1.29, 1.82) is 0 Å². The fraction of sp³-hybridized carbons (Fsp3) is 0.350. The first-order chi connectivity index (χ1) is 12.9. The van der Waals surface area contributed by atoms with Gasteiger partial charge in [0.05, 0.1) is 11.1 Å². The first-order valence-electron chi connectivity index (χ1n) is 8.76. The number of hydrogen-bond donors (Lipinski definition) is 1. The fourth-order valence-corrected chi connectivity index (χ4v) is 2.68. The smallest absolute Gasteiger partial charge is 0.251 e. The van der Waals surface area contributed by atoms with Gasteiger partial charge in [-0.25, -0.2) is 0 Å². The van der Waals surface area contributed by atoms with Crippen LogP contribution in [0.1, 0.15) is 36.7 Å². The molecule has 6 nitrogen and oxygen atoms in total. The van der Waals surface area contributed by atoms with Gasteiger partial charge in [-0.2, -0.15) is 0 Å². The van der Waals surface area contributed by atoms with Gasteiger partial charge >= 0.3 is 0 Å². The Morgan fingerprint density at radius 1 is 1.15 bits per heavy atom. The molecule has 2 aromatic rings. The minimum atomic E-state index is -1.33. The highest BCUT2D eigenvalue weighted by Gasteiger charge is 2.30. The van der Waals surface area contributed by atoms with E-state index in [0.29, 0.717) is 25.1 Å². The van der Waals surface area contributed by atoms with Crippen LogP contribution in [-0.2, 0) is 9.53 Å². The Morgan fingerprint density at radius 3 is 2.52 bits per heavy atom. The van der Waals surface area contributed by atoms with Crippen LogP contribution in [0.5, 0.6) is 0 Å². The van der Waals surface area contributed by atoms with E-state index in [-0.39, 0.29) is 11.1 Å². The fourth-order valence-electron chi connectivity index (χ4n) is 2.51. The molecular formula is C20H23ClN2O4. The Hall–Kier alpha value is -2.44. The van der Waals surface area contributed by atoms with Gasteiger partial charge in [-0.15, -0.1) is 0 Å². The van der Waals surface area contributed by atoms with E-state index in [0.717, 1.165) is 4.57 Å². The summed E-state index contributed by atoms with van der Waals surface area (Å²) in [6.45, 7) is 4.68. The highest BCUT2D eigenvalue weighted by atomic mass is 35.5. The number of Topliss-reactive ketones (excluding diaryl/α,β-unsaturated/α-hetero) is 1. The van der Waals surface area contributed by atoms with Gasteiger partial charge in [-0.05, 0) is 26.3 Å². The van der Waals surface area contributed by atoms with Gasteiger partial charge in [0.1, 0.15) is 0 Å². The highest BCUT2D eigenvalue weighted by molar-refractivity contribution is 6.30. The Bertz CT molecular complexity index is 833. The van der Waals surface area contributed by atoms with Crippen LogP contribution in [0.4, 0.5) is 0 Å². The van der Waals surface area contributed by atoms with Crippen LogP contribution in [0.3, 0.4) is 0 Å². The summed E-state index contributed by atoms with van der Waals surface area (Å²) in [4.78, 5) is 37.9. The zero-order valence-corrected chi connectivity index (χ0v) is 16.1. The highest BCUT2D eigenvalue weighted by Crippen LogP contribution is 2.16. The van der Waals surface area contributed by atoms with Gasteiger partial charge < -0.3 is 10.1 Å². The van der Waals surface area contributed by atoms with Crippen molar-refractivity contribution in [1.82, 2.24) is 9.88 Å². The van der Waals surface area contributed by atoms with E-state index < -0.39 is 23.3 Å². The molecule has 0 radical (unpaired) electrons. The molecule has 1 N–H and O–H groups in total. The first-order valence-corrected chi connectivity index (χ1v) is 9.14. The zero-order chi connectivity index (χ0) is 19.8. The van der Waals surface area contributed by atoms with E-state index in [1.165, 1.54) is 18.3 Å². The maximum Gasteiger partial charge on any atom is 0.251 e. The molecule has 0 unspecified atom stereocenters. The molecule has 0 aliphatic heterocycles. The molecular weight excluding hydrogens is 368 g/mol. The number of benzene rings is 1. The second-order valence-corrected chi connectivity index (χ2v) is 6.73. The van der Waals surface area contributed by atoms with Gasteiger partial charge in [0, 0.05) is 31.0 Å². The monoisotopic (exact) mass is 390 g/mol. The summed E-state index contributed by atoms with van der Waals surface area (Å²) in [6, 6.07) is 9.71. The molecule has 7 heteroatoms. The number of nitrogens with zero attached hydrogens (tertiary/aromatic N) is 1. The number of ketones is 1. The van der Waals surface area contributed by atoms with Crippen molar-refractivity contribution in [2.45, 2.75) is 32.4 Å². The maximum absolute atomic E-state index is 12.9. The molecule has 1 amide bonds. The number of amides is 1. The molecule has 144 valence electrons. The van der Waals surface area contributed by atoms with Crippen LogP contribution in [-0.4, -0.2) is 35.5 Å². The molecule has 0 saturated heterocycles. The van der Waals surface area contributed by atoms with E-state index in [4.69, 9.17) is 16.3 Å². The van der Waals surface area contributed by atoms with Crippen LogP contribution < -0.4 is 10.9 Å². The van der Waals surface area contributed by atoms with E-state index in [9.17, 15) is 14.4 Å². The summed E-state index contributed by atoms with van der Waals surface area (Å²) in [6.07, 6.45) is 2.01. The SMILES string of the molecule is CC(C)OCCCNC(=O)[C@H](C(=O)c1ccccc1)n1cc(Cl)ccc1=O. The topological polar surface area (TPSA) is 77.4 Å². The summed E-state index contributed by atoms with van der Waals surface area (Å²) in [7, 11) is 0. The molecule has 0 aliphatic carbocycles. The van der Waals surface area contributed by atoms with E-state index in [1.54, 1.807) is 30.3 Å². The number of halogens is 1. The van der Waals surface area contributed by atoms with Crippen molar-refractivity contribution in [2.24, 2.45) is 0 Å². The van der Waals surface area contributed by atoms with Crippen molar-refractivity contribution >= 4 is 23.3 Å². The second kappa shape index (κ2) is 10.0. The zero-order valence-electron chi connectivity index (χ0n) is 15.4. The lowest BCUT2D eigenvalue weighted by atomic mass is 10.0. The van der Waals surface area contributed by atoms with Crippen LogP contribution >= 0.6 is 11.6 Å². The second-order valence-electron chi connectivity index (χ2n) is 6.29. The van der Waals surface area contributed by atoms with Crippen molar-refractivity contribution < 1.29 is 14.3 Å². The lowest BCUT2D eigenvalue weighted by Gasteiger charge is -2.19.